The van der Waals surface area contributed by atoms with Crippen molar-refractivity contribution in [3.63, 3.8) is 0 Å². The number of fused-ring (bicyclic) bond motifs is 7. The molecule has 3 saturated carbocycles. The highest BCUT2D eigenvalue weighted by molar-refractivity contribution is 5.77. The van der Waals surface area contributed by atoms with Crippen LogP contribution in [0.25, 0.3) is 0 Å². The fourth-order valence-corrected chi connectivity index (χ4v) is 8.14. The summed E-state index contributed by atoms with van der Waals surface area (Å²) in [5, 5.41) is 5.44. The van der Waals surface area contributed by atoms with Crippen molar-refractivity contribution in [3.8, 4) is 0 Å². The zero-order valence-electron chi connectivity index (χ0n) is 18.3. The molecule has 3 aliphatic carbocycles. The monoisotopic (exact) mass is 406 g/mol. The fourth-order valence-electron chi connectivity index (χ4n) is 8.14. The number of rotatable bonds is 1. The summed E-state index contributed by atoms with van der Waals surface area (Å²) in [6, 6.07) is 10.9. The number of benzene rings is 1. The lowest BCUT2D eigenvalue weighted by atomic mass is 9.47. The number of piperidine rings is 1. The van der Waals surface area contributed by atoms with Crippen molar-refractivity contribution >= 4 is 11.6 Å². The van der Waals surface area contributed by atoms with Crippen LogP contribution in [-0.2, 0) is 9.63 Å². The molecule has 0 aromatic heterocycles. The quantitative estimate of drug-likeness (QED) is 0.677. The van der Waals surface area contributed by atoms with E-state index in [1.54, 1.807) is 5.57 Å². The third-order valence-electron chi connectivity index (χ3n) is 9.73. The summed E-state index contributed by atoms with van der Waals surface area (Å²) in [4.78, 5) is 18.6. The number of amides is 1. The zero-order valence-corrected chi connectivity index (χ0v) is 18.3. The Balaban J connectivity index is 1.27. The Morgan fingerprint density at radius 3 is 2.73 bits per heavy atom. The number of hydrogen-bond donors (Lipinski definition) is 1. The van der Waals surface area contributed by atoms with Gasteiger partial charge in [-0.15, -0.1) is 0 Å². The highest BCUT2D eigenvalue weighted by Gasteiger charge is 2.61. The minimum Gasteiger partial charge on any atom is -0.353 e. The molecule has 6 rings (SSSR count). The molecular weight excluding hydrogens is 372 g/mol. The summed E-state index contributed by atoms with van der Waals surface area (Å²) in [6.45, 7) is 5.85. The van der Waals surface area contributed by atoms with Crippen molar-refractivity contribution in [3.05, 3.63) is 42.0 Å². The number of hydroxylamine groups is 1. The minimum atomic E-state index is 0.226. The summed E-state index contributed by atoms with van der Waals surface area (Å²) in [5.74, 6) is 2.47. The first-order valence-corrected chi connectivity index (χ1v) is 12.0. The van der Waals surface area contributed by atoms with Crippen molar-refractivity contribution < 1.29 is 9.63 Å². The van der Waals surface area contributed by atoms with Gasteiger partial charge >= 0.3 is 0 Å². The third kappa shape index (κ3) is 2.58. The van der Waals surface area contributed by atoms with E-state index in [0.29, 0.717) is 18.4 Å². The van der Waals surface area contributed by atoms with Gasteiger partial charge in [0.25, 0.3) is 0 Å². The van der Waals surface area contributed by atoms with Crippen LogP contribution < -0.4 is 10.4 Å². The maximum Gasteiger partial charge on any atom is 0.220 e. The van der Waals surface area contributed by atoms with Gasteiger partial charge in [-0.05, 0) is 84.8 Å². The van der Waals surface area contributed by atoms with Crippen LogP contribution >= 0.6 is 0 Å². The highest BCUT2D eigenvalue weighted by atomic mass is 16.7. The molecule has 0 bridgehead atoms. The number of anilines is 1. The maximum absolute atomic E-state index is 12.0. The molecule has 0 radical (unpaired) electrons. The summed E-state index contributed by atoms with van der Waals surface area (Å²) in [5.41, 5.74) is 3.28. The first-order chi connectivity index (χ1) is 14.5. The number of nitrogens with zero attached hydrogens (tertiary/aromatic N) is 1. The molecule has 5 aliphatic rings. The van der Waals surface area contributed by atoms with Crippen molar-refractivity contribution in [2.24, 2.45) is 28.6 Å². The Morgan fingerprint density at radius 2 is 1.90 bits per heavy atom. The van der Waals surface area contributed by atoms with Crippen LogP contribution in [0.2, 0.25) is 0 Å². The molecule has 1 aromatic rings. The lowest BCUT2D eigenvalue weighted by Crippen LogP contribution is -2.60. The van der Waals surface area contributed by atoms with Gasteiger partial charge in [0, 0.05) is 12.5 Å². The normalized spacial score (nSPS) is 44.9. The van der Waals surface area contributed by atoms with E-state index in [0.717, 1.165) is 43.3 Å². The van der Waals surface area contributed by atoms with Crippen LogP contribution in [0.5, 0.6) is 0 Å². The van der Waals surface area contributed by atoms with Crippen LogP contribution in [-0.4, -0.2) is 24.6 Å². The average Bonchev–Trinajstić information content (AvgIpc) is 3.07. The average molecular weight is 407 g/mol. The van der Waals surface area contributed by atoms with Gasteiger partial charge in [-0.3, -0.25) is 9.63 Å². The molecule has 30 heavy (non-hydrogen) atoms. The van der Waals surface area contributed by atoms with Gasteiger partial charge in [-0.1, -0.05) is 38.1 Å². The highest BCUT2D eigenvalue weighted by Crippen LogP contribution is 2.66. The van der Waals surface area contributed by atoms with E-state index in [1.165, 1.54) is 19.3 Å². The van der Waals surface area contributed by atoms with Crippen LogP contribution in [0.15, 0.2) is 42.0 Å². The Hall–Kier alpha value is -1.81. The summed E-state index contributed by atoms with van der Waals surface area (Å²) >= 11 is 0. The molecule has 160 valence electrons. The standard InChI is InChI=1S/C26H34N2O2/c1-25-13-10-19-18(8-9-23-26(19,2)14-11-24(29)27-23)21(25)16-22-20(25)12-15-28(30-22)17-6-4-3-5-7-17/h3-7,12,18-19,21-23H,8-11,13-16H2,1-2H3,(H,27,29)/t18-,19+,21+,22+,23?,25-,26-/m1/s1. The summed E-state index contributed by atoms with van der Waals surface area (Å²) < 4.78 is 0. The van der Waals surface area contributed by atoms with Crippen LogP contribution in [0, 0.1) is 28.6 Å². The summed E-state index contributed by atoms with van der Waals surface area (Å²) in [6.07, 6.45) is 10.6. The van der Waals surface area contributed by atoms with Crippen molar-refractivity contribution in [1.82, 2.24) is 5.32 Å². The van der Waals surface area contributed by atoms with Gasteiger partial charge in [0.05, 0.1) is 12.2 Å². The Labute approximate surface area is 180 Å². The van der Waals surface area contributed by atoms with E-state index in [-0.39, 0.29) is 22.8 Å². The van der Waals surface area contributed by atoms with Gasteiger partial charge < -0.3 is 5.32 Å². The van der Waals surface area contributed by atoms with Crippen LogP contribution in [0.4, 0.5) is 5.69 Å². The molecule has 4 heteroatoms. The van der Waals surface area contributed by atoms with E-state index in [2.05, 4.69) is 60.6 Å². The lowest BCUT2D eigenvalue weighted by molar-refractivity contribution is -0.134. The van der Waals surface area contributed by atoms with Gasteiger partial charge in [0.1, 0.15) is 6.10 Å². The molecule has 1 unspecified atom stereocenters. The minimum absolute atomic E-state index is 0.226. The predicted octanol–water partition coefficient (Wildman–Crippen LogP) is 4.86. The topological polar surface area (TPSA) is 41.6 Å². The van der Waals surface area contributed by atoms with E-state index in [4.69, 9.17) is 4.84 Å². The molecule has 2 aliphatic heterocycles. The van der Waals surface area contributed by atoms with E-state index < -0.39 is 0 Å². The first kappa shape index (κ1) is 18.9. The predicted molar refractivity (Wildman–Crippen MR) is 118 cm³/mol. The molecule has 1 N–H and O–H groups in total. The van der Waals surface area contributed by atoms with Crippen molar-refractivity contribution in [2.45, 2.75) is 70.9 Å². The number of para-hydroxylation sites is 1. The van der Waals surface area contributed by atoms with Crippen LogP contribution in [0.3, 0.4) is 0 Å². The number of carbonyl (C=O) groups excluding carboxylic acids is 1. The first-order valence-electron chi connectivity index (χ1n) is 12.0. The molecule has 1 aromatic carbocycles. The second-order valence-corrected chi connectivity index (χ2v) is 10.9. The molecule has 4 nitrogen and oxygen atoms in total. The zero-order chi connectivity index (χ0) is 20.5. The molecule has 4 fully saturated rings. The Kier molecular flexibility index (Phi) is 4.16. The van der Waals surface area contributed by atoms with E-state index in [9.17, 15) is 4.79 Å². The van der Waals surface area contributed by atoms with Gasteiger partial charge in [0.15, 0.2) is 0 Å². The maximum atomic E-state index is 12.0. The molecular formula is C26H34N2O2. The second kappa shape index (κ2) is 6.59. The molecule has 2 heterocycles. The Morgan fingerprint density at radius 1 is 1.07 bits per heavy atom. The smallest absolute Gasteiger partial charge is 0.220 e. The molecule has 1 saturated heterocycles. The Bertz CT molecular complexity index is 882. The number of nitrogens with one attached hydrogen (secondary N) is 1. The van der Waals surface area contributed by atoms with E-state index >= 15 is 0 Å². The fraction of sp³-hybridized carbons (Fsp3) is 0.654. The molecule has 0 spiro atoms. The van der Waals surface area contributed by atoms with E-state index in [1.807, 2.05) is 0 Å². The molecule has 1 amide bonds. The van der Waals surface area contributed by atoms with Gasteiger partial charge in [0.2, 0.25) is 5.91 Å². The van der Waals surface area contributed by atoms with Crippen molar-refractivity contribution in [1.29, 1.82) is 0 Å². The third-order valence-corrected chi connectivity index (χ3v) is 9.73. The second-order valence-electron chi connectivity index (χ2n) is 10.9. The lowest BCUT2D eigenvalue weighted by Gasteiger charge is -2.59. The number of carbonyl (C=O) groups is 1. The van der Waals surface area contributed by atoms with Gasteiger partial charge in [-0.25, -0.2) is 5.06 Å². The van der Waals surface area contributed by atoms with Gasteiger partial charge in [-0.2, -0.15) is 0 Å². The molecule has 7 atom stereocenters. The SMILES string of the molecule is C[C@]12CCC(=O)NC1CC[C@@H]1[C@@H]2CC[C@]2(C)C3=CCN(c4ccccc4)O[C@H]3C[C@@H]12. The number of hydrogen-bond acceptors (Lipinski definition) is 3. The van der Waals surface area contributed by atoms with Crippen molar-refractivity contribution in [2.75, 3.05) is 11.6 Å². The largest absolute Gasteiger partial charge is 0.353 e. The van der Waals surface area contributed by atoms with Crippen LogP contribution in [0.1, 0.15) is 58.8 Å². The summed E-state index contributed by atoms with van der Waals surface area (Å²) in [7, 11) is 0.